The van der Waals surface area contributed by atoms with Crippen molar-refractivity contribution in [2.24, 2.45) is 0 Å². The lowest BCUT2D eigenvalue weighted by atomic mass is 10.1. The van der Waals surface area contributed by atoms with E-state index in [4.69, 9.17) is 4.74 Å². The van der Waals surface area contributed by atoms with Gasteiger partial charge in [-0.3, -0.25) is 4.79 Å². The van der Waals surface area contributed by atoms with Gasteiger partial charge in [-0.15, -0.1) is 0 Å². The minimum atomic E-state index is -0.581. The maximum atomic E-state index is 12.2. The van der Waals surface area contributed by atoms with Gasteiger partial charge in [0.25, 0.3) is 0 Å². The first-order chi connectivity index (χ1) is 5.81. The molecule has 0 N–H and O–H groups in total. The summed E-state index contributed by atoms with van der Waals surface area (Å²) in [5.41, 5.74) is 0.951. The Morgan fingerprint density at radius 3 is 2.83 bits per heavy atom. The van der Waals surface area contributed by atoms with Crippen LogP contribution in [-0.2, 0) is 6.67 Å². The van der Waals surface area contributed by atoms with Gasteiger partial charge < -0.3 is 4.74 Å². The number of hydrogen-bond donors (Lipinski definition) is 0. The average Bonchev–Trinajstić information content (AvgIpc) is 2.16. The lowest BCUT2D eigenvalue weighted by Crippen LogP contribution is -1.91. The van der Waals surface area contributed by atoms with Gasteiger partial charge in [-0.1, -0.05) is 12.1 Å². The third-order valence-corrected chi connectivity index (χ3v) is 1.59. The van der Waals surface area contributed by atoms with Gasteiger partial charge in [0.2, 0.25) is 0 Å². The molecule has 0 heterocycles. The molecule has 0 aliphatic heterocycles. The second-order valence-electron chi connectivity index (χ2n) is 2.32. The molecule has 0 aromatic heterocycles. The van der Waals surface area contributed by atoms with Crippen molar-refractivity contribution < 1.29 is 13.9 Å². The van der Waals surface area contributed by atoms with Crippen LogP contribution in [0, 0.1) is 0 Å². The van der Waals surface area contributed by atoms with Crippen LogP contribution in [-0.4, -0.2) is 13.4 Å². The van der Waals surface area contributed by atoms with Crippen LogP contribution in [0.1, 0.15) is 15.9 Å². The molecular formula is C9H9FO2. The maximum Gasteiger partial charge on any atom is 0.150 e. The molecule has 0 radical (unpaired) electrons. The average molecular weight is 168 g/mol. The van der Waals surface area contributed by atoms with E-state index in [2.05, 4.69) is 0 Å². The number of benzene rings is 1. The zero-order valence-electron chi connectivity index (χ0n) is 6.71. The van der Waals surface area contributed by atoms with Gasteiger partial charge in [0.1, 0.15) is 18.7 Å². The predicted octanol–water partition coefficient (Wildman–Crippen LogP) is 1.98. The number of ether oxygens (including phenoxy) is 1. The highest BCUT2D eigenvalue weighted by Crippen LogP contribution is 2.20. The van der Waals surface area contributed by atoms with E-state index in [1.165, 1.54) is 13.2 Å². The second-order valence-corrected chi connectivity index (χ2v) is 2.32. The summed E-state index contributed by atoms with van der Waals surface area (Å²) in [5, 5.41) is 0. The summed E-state index contributed by atoms with van der Waals surface area (Å²) in [5.74, 6) is 0.419. The molecule has 0 saturated heterocycles. The fourth-order valence-electron chi connectivity index (χ4n) is 0.945. The van der Waals surface area contributed by atoms with Crippen molar-refractivity contribution in [3.05, 3.63) is 29.3 Å². The number of alkyl halides is 1. The van der Waals surface area contributed by atoms with Crippen LogP contribution < -0.4 is 4.74 Å². The van der Waals surface area contributed by atoms with Gasteiger partial charge in [-0.25, -0.2) is 4.39 Å². The van der Waals surface area contributed by atoms with E-state index in [0.717, 1.165) is 0 Å². The van der Waals surface area contributed by atoms with Crippen molar-refractivity contribution in [1.29, 1.82) is 0 Å². The normalized spacial score (nSPS) is 9.50. The third kappa shape index (κ3) is 1.61. The molecule has 64 valence electrons. The van der Waals surface area contributed by atoms with E-state index >= 15 is 0 Å². The lowest BCUT2D eigenvalue weighted by Gasteiger charge is -2.04. The summed E-state index contributed by atoms with van der Waals surface area (Å²) >= 11 is 0. The molecule has 1 rings (SSSR count). The number of carbonyl (C=O) groups excluding carboxylic acids is 1. The monoisotopic (exact) mass is 168 g/mol. The second kappa shape index (κ2) is 3.85. The van der Waals surface area contributed by atoms with Crippen LogP contribution in [0.4, 0.5) is 4.39 Å². The first kappa shape index (κ1) is 8.71. The van der Waals surface area contributed by atoms with Crippen molar-refractivity contribution in [2.45, 2.75) is 6.67 Å². The van der Waals surface area contributed by atoms with Crippen molar-refractivity contribution in [3.63, 3.8) is 0 Å². The smallest absolute Gasteiger partial charge is 0.150 e. The van der Waals surface area contributed by atoms with E-state index in [-0.39, 0.29) is 0 Å². The highest BCUT2D eigenvalue weighted by atomic mass is 19.1. The zero-order chi connectivity index (χ0) is 8.97. The quantitative estimate of drug-likeness (QED) is 0.645. The van der Waals surface area contributed by atoms with E-state index in [0.29, 0.717) is 23.2 Å². The Labute approximate surface area is 70.0 Å². The molecule has 0 bridgehead atoms. The van der Waals surface area contributed by atoms with Gasteiger partial charge >= 0.3 is 0 Å². The Morgan fingerprint density at radius 1 is 1.58 bits per heavy atom. The Morgan fingerprint density at radius 2 is 2.33 bits per heavy atom. The number of hydrogen-bond acceptors (Lipinski definition) is 2. The van der Waals surface area contributed by atoms with Crippen LogP contribution in [0.25, 0.3) is 0 Å². The highest BCUT2D eigenvalue weighted by Gasteiger charge is 2.02. The molecule has 0 aliphatic rings. The molecule has 12 heavy (non-hydrogen) atoms. The van der Waals surface area contributed by atoms with E-state index in [1.54, 1.807) is 12.1 Å². The summed E-state index contributed by atoms with van der Waals surface area (Å²) in [6.07, 6.45) is 0.699. The first-order valence-electron chi connectivity index (χ1n) is 3.50. The summed E-state index contributed by atoms with van der Waals surface area (Å²) in [6, 6.07) is 4.62. The molecule has 1 aromatic rings. The van der Waals surface area contributed by atoms with Crippen LogP contribution in [0.3, 0.4) is 0 Å². The molecule has 0 spiro atoms. The first-order valence-corrected chi connectivity index (χ1v) is 3.50. The largest absolute Gasteiger partial charge is 0.496 e. The van der Waals surface area contributed by atoms with Gasteiger partial charge in [0, 0.05) is 11.1 Å². The van der Waals surface area contributed by atoms with Crippen molar-refractivity contribution >= 4 is 6.29 Å². The molecule has 0 aliphatic carbocycles. The van der Waals surface area contributed by atoms with Gasteiger partial charge in [-0.2, -0.15) is 0 Å². The van der Waals surface area contributed by atoms with Crippen LogP contribution in [0.15, 0.2) is 18.2 Å². The molecule has 1 aromatic carbocycles. The Bertz CT molecular complexity index is 284. The maximum absolute atomic E-state index is 12.2. The molecule has 0 amide bonds. The molecule has 0 unspecified atom stereocenters. The van der Waals surface area contributed by atoms with Crippen LogP contribution in [0.5, 0.6) is 5.75 Å². The topological polar surface area (TPSA) is 26.3 Å². The number of halogens is 1. The Balaban J connectivity index is 3.10. The standard InChI is InChI=1S/C9H9FO2/c1-12-9-4-7(6-11)2-3-8(9)5-10/h2-4,6H,5H2,1H3. The SMILES string of the molecule is COc1cc(C=O)ccc1CF. The minimum Gasteiger partial charge on any atom is -0.496 e. The highest BCUT2D eigenvalue weighted by molar-refractivity contribution is 5.75. The summed E-state index contributed by atoms with van der Waals surface area (Å²) in [4.78, 5) is 10.3. The third-order valence-electron chi connectivity index (χ3n) is 1.59. The van der Waals surface area contributed by atoms with Gasteiger partial charge in [0.15, 0.2) is 0 Å². The molecule has 3 heteroatoms. The summed E-state index contributed by atoms with van der Waals surface area (Å²) in [7, 11) is 1.45. The van der Waals surface area contributed by atoms with E-state index in [9.17, 15) is 9.18 Å². The number of aldehydes is 1. The number of carbonyl (C=O) groups is 1. The molecule has 2 nitrogen and oxygen atoms in total. The van der Waals surface area contributed by atoms with Crippen LogP contribution in [0.2, 0.25) is 0 Å². The number of methoxy groups -OCH3 is 1. The van der Waals surface area contributed by atoms with Crippen LogP contribution >= 0.6 is 0 Å². The molecular weight excluding hydrogens is 159 g/mol. The summed E-state index contributed by atoms with van der Waals surface area (Å²) < 4.78 is 17.1. The van der Waals surface area contributed by atoms with E-state index < -0.39 is 6.67 Å². The van der Waals surface area contributed by atoms with Crippen molar-refractivity contribution in [3.8, 4) is 5.75 Å². The molecule has 0 atom stereocenters. The van der Waals surface area contributed by atoms with Gasteiger partial charge in [-0.05, 0) is 6.07 Å². The minimum absolute atomic E-state index is 0.419. The predicted molar refractivity (Wildman–Crippen MR) is 43.2 cm³/mol. The van der Waals surface area contributed by atoms with E-state index in [1.807, 2.05) is 0 Å². The van der Waals surface area contributed by atoms with Gasteiger partial charge in [0.05, 0.1) is 7.11 Å². The lowest BCUT2D eigenvalue weighted by molar-refractivity contribution is 0.112. The number of rotatable bonds is 3. The van der Waals surface area contributed by atoms with Crippen molar-refractivity contribution in [2.75, 3.05) is 7.11 Å². The molecule has 0 saturated carbocycles. The fraction of sp³-hybridized carbons (Fsp3) is 0.222. The fourth-order valence-corrected chi connectivity index (χ4v) is 0.945. The Hall–Kier alpha value is -1.38. The zero-order valence-corrected chi connectivity index (χ0v) is 6.71. The molecule has 0 fully saturated rings. The van der Waals surface area contributed by atoms with Crippen molar-refractivity contribution in [1.82, 2.24) is 0 Å². The Kier molecular flexibility index (Phi) is 2.80. The summed E-state index contributed by atoms with van der Waals surface area (Å²) in [6.45, 7) is -0.581.